The molecular weight excluding hydrogens is 374 g/mol. The molecule has 0 saturated carbocycles. The number of benzene rings is 1. The molecular formula is C24H39N5O. The monoisotopic (exact) mass is 413 g/mol. The van der Waals surface area contributed by atoms with E-state index >= 15 is 0 Å². The molecule has 1 aromatic carbocycles. The average molecular weight is 414 g/mol. The van der Waals surface area contributed by atoms with Gasteiger partial charge in [0.15, 0.2) is 0 Å². The second kappa shape index (κ2) is 12.1. The van der Waals surface area contributed by atoms with Crippen LogP contribution in [0, 0.1) is 6.92 Å². The number of hydrogen-bond acceptors (Lipinski definition) is 5. The Balaban J connectivity index is 1.55. The molecule has 1 saturated heterocycles. The highest BCUT2D eigenvalue weighted by Crippen LogP contribution is 2.21. The molecule has 1 N–H and O–H groups in total. The summed E-state index contributed by atoms with van der Waals surface area (Å²) in [6, 6.07) is 8.49. The summed E-state index contributed by atoms with van der Waals surface area (Å²) >= 11 is 0. The van der Waals surface area contributed by atoms with E-state index in [-0.39, 0.29) is 0 Å². The number of aryl methyl sites for hydroxylation is 1. The number of aromatic nitrogens is 2. The highest BCUT2D eigenvalue weighted by atomic mass is 16.5. The molecule has 1 aliphatic rings. The summed E-state index contributed by atoms with van der Waals surface area (Å²) in [6.07, 6.45) is 7.13. The average Bonchev–Trinajstić information content (AvgIpc) is 3.16. The van der Waals surface area contributed by atoms with Crippen molar-refractivity contribution in [2.24, 2.45) is 0 Å². The highest BCUT2D eigenvalue weighted by molar-refractivity contribution is 5.33. The third kappa shape index (κ3) is 7.74. The number of nitrogens with zero attached hydrogens (tertiary/aromatic N) is 4. The molecule has 0 unspecified atom stereocenters. The molecule has 0 bridgehead atoms. The van der Waals surface area contributed by atoms with Crippen LogP contribution in [0.15, 0.2) is 30.5 Å². The van der Waals surface area contributed by atoms with Gasteiger partial charge in [0.1, 0.15) is 11.6 Å². The minimum Gasteiger partial charge on any atom is -0.493 e. The molecule has 30 heavy (non-hydrogen) atoms. The predicted molar refractivity (Wildman–Crippen MR) is 123 cm³/mol. The summed E-state index contributed by atoms with van der Waals surface area (Å²) in [7, 11) is 4.25. The Morgan fingerprint density at radius 3 is 2.60 bits per heavy atom. The normalized spacial score (nSPS) is 15.2. The predicted octanol–water partition coefficient (Wildman–Crippen LogP) is 3.54. The Bertz CT molecular complexity index is 739. The van der Waals surface area contributed by atoms with Gasteiger partial charge in [0.2, 0.25) is 0 Å². The lowest BCUT2D eigenvalue weighted by Gasteiger charge is -2.26. The molecule has 0 atom stereocenters. The van der Waals surface area contributed by atoms with E-state index in [2.05, 4.69) is 63.0 Å². The SMILES string of the molecule is Cc1ncc(CN(CCN(C)C)Cc2ccccc2OCCCN2CCCCC2)[nH]1. The summed E-state index contributed by atoms with van der Waals surface area (Å²) in [6.45, 7) is 10.2. The maximum atomic E-state index is 6.23. The lowest BCUT2D eigenvalue weighted by molar-refractivity contribution is 0.200. The first kappa shape index (κ1) is 22.8. The Morgan fingerprint density at radius 2 is 1.87 bits per heavy atom. The summed E-state index contributed by atoms with van der Waals surface area (Å²) in [5, 5.41) is 0. The summed E-state index contributed by atoms with van der Waals surface area (Å²) in [4.78, 5) is 15.0. The first-order chi connectivity index (χ1) is 14.6. The van der Waals surface area contributed by atoms with Gasteiger partial charge in [0.05, 0.1) is 6.61 Å². The quantitative estimate of drug-likeness (QED) is 0.540. The zero-order valence-electron chi connectivity index (χ0n) is 19.1. The first-order valence-corrected chi connectivity index (χ1v) is 11.4. The number of rotatable bonds is 12. The van der Waals surface area contributed by atoms with E-state index in [0.29, 0.717) is 0 Å². The minimum absolute atomic E-state index is 0.783. The van der Waals surface area contributed by atoms with Gasteiger partial charge in [-0.3, -0.25) is 4.90 Å². The van der Waals surface area contributed by atoms with Gasteiger partial charge in [-0.05, 0) is 59.4 Å². The van der Waals surface area contributed by atoms with Crippen LogP contribution in [0.1, 0.15) is 42.8 Å². The van der Waals surface area contributed by atoms with Crippen LogP contribution in [0.4, 0.5) is 0 Å². The molecule has 1 aromatic heterocycles. The molecule has 0 spiro atoms. The van der Waals surface area contributed by atoms with Crippen molar-refractivity contribution >= 4 is 0 Å². The van der Waals surface area contributed by atoms with Crippen molar-refractivity contribution in [1.82, 2.24) is 24.7 Å². The van der Waals surface area contributed by atoms with E-state index in [4.69, 9.17) is 4.74 Å². The lowest BCUT2D eigenvalue weighted by atomic mass is 10.1. The fraction of sp³-hybridized carbons (Fsp3) is 0.625. The van der Waals surface area contributed by atoms with Crippen molar-refractivity contribution in [2.75, 3.05) is 53.4 Å². The van der Waals surface area contributed by atoms with E-state index in [0.717, 1.165) is 63.0 Å². The minimum atomic E-state index is 0.783. The number of H-pyrrole nitrogens is 1. The van der Waals surface area contributed by atoms with Crippen LogP contribution in [0.2, 0.25) is 0 Å². The van der Waals surface area contributed by atoms with E-state index in [1.165, 1.54) is 37.9 Å². The van der Waals surface area contributed by atoms with Crippen molar-refractivity contribution in [3.8, 4) is 5.75 Å². The Labute approximate surface area is 182 Å². The molecule has 1 aliphatic heterocycles. The number of likely N-dealkylation sites (N-methyl/N-ethyl adjacent to an activating group) is 1. The Kier molecular flexibility index (Phi) is 9.18. The molecule has 0 amide bonds. The number of piperidine rings is 1. The van der Waals surface area contributed by atoms with Crippen molar-refractivity contribution in [3.05, 3.63) is 47.5 Å². The van der Waals surface area contributed by atoms with Gasteiger partial charge in [-0.1, -0.05) is 24.6 Å². The number of imidazole rings is 1. The van der Waals surface area contributed by atoms with Crippen LogP contribution >= 0.6 is 0 Å². The summed E-state index contributed by atoms with van der Waals surface area (Å²) < 4.78 is 6.23. The van der Waals surface area contributed by atoms with Gasteiger partial charge in [0.25, 0.3) is 0 Å². The maximum Gasteiger partial charge on any atom is 0.123 e. The third-order valence-electron chi connectivity index (χ3n) is 5.70. The highest BCUT2D eigenvalue weighted by Gasteiger charge is 2.13. The lowest BCUT2D eigenvalue weighted by Crippen LogP contribution is -2.31. The molecule has 1 fully saturated rings. The number of nitrogens with one attached hydrogen (secondary N) is 1. The van der Waals surface area contributed by atoms with Crippen LogP contribution in [0.3, 0.4) is 0 Å². The zero-order chi connectivity index (χ0) is 21.2. The zero-order valence-corrected chi connectivity index (χ0v) is 19.1. The van der Waals surface area contributed by atoms with Gasteiger partial charge in [0, 0.05) is 50.2 Å². The topological polar surface area (TPSA) is 47.6 Å². The van der Waals surface area contributed by atoms with Gasteiger partial charge < -0.3 is 19.5 Å². The summed E-state index contributed by atoms with van der Waals surface area (Å²) in [5.74, 6) is 1.99. The van der Waals surface area contributed by atoms with Crippen LogP contribution < -0.4 is 4.74 Å². The van der Waals surface area contributed by atoms with E-state index in [1.807, 2.05) is 13.1 Å². The molecule has 0 radical (unpaired) electrons. The summed E-state index contributed by atoms with van der Waals surface area (Å²) in [5.41, 5.74) is 2.41. The van der Waals surface area contributed by atoms with E-state index < -0.39 is 0 Å². The fourth-order valence-corrected chi connectivity index (χ4v) is 4.02. The van der Waals surface area contributed by atoms with Crippen molar-refractivity contribution in [2.45, 2.75) is 45.7 Å². The number of aromatic amines is 1. The van der Waals surface area contributed by atoms with Gasteiger partial charge in [-0.25, -0.2) is 4.98 Å². The Morgan fingerprint density at radius 1 is 1.07 bits per heavy atom. The van der Waals surface area contributed by atoms with Crippen LogP contribution in [0.25, 0.3) is 0 Å². The number of likely N-dealkylation sites (tertiary alicyclic amines) is 1. The van der Waals surface area contributed by atoms with Crippen LogP contribution in [-0.4, -0.2) is 78.1 Å². The van der Waals surface area contributed by atoms with Crippen molar-refractivity contribution in [3.63, 3.8) is 0 Å². The number of ether oxygens (including phenoxy) is 1. The van der Waals surface area contributed by atoms with Crippen molar-refractivity contribution in [1.29, 1.82) is 0 Å². The second-order valence-corrected chi connectivity index (χ2v) is 8.72. The number of para-hydroxylation sites is 1. The second-order valence-electron chi connectivity index (χ2n) is 8.72. The standard InChI is InChI=1S/C24H39N5O/c1-21-25-18-23(26-21)20-29(16-15-27(2)3)19-22-10-5-6-11-24(22)30-17-9-14-28-12-7-4-8-13-28/h5-6,10-11,18H,4,7-9,12-17,19-20H2,1-3H3,(H,25,26). The van der Waals surface area contributed by atoms with E-state index in [1.54, 1.807) is 0 Å². The van der Waals surface area contributed by atoms with Gasteiger partial charge in [-0.2, -0.15) is 0 Å². The molecule has 0 aliphatic carbocycles. The maximum absolute atomic E-state index is 6.23. The van der Waals surface area contributed by atoms with Crippen LogP contribution in [0.5, 0.6) is 5.75 Å². The van der Waals surface area contributed by atoms with E-state index in [9.17, 15) is 0 Å². The largest absolute Gasteiger partial charge is 0.493 e. The van der Waals surface area contributed by atoms with Crippen LogP contribution in [-0.2, 0) is 13.1 Å². The molecule has 2 aromatic rings. The molecule has 6 nitrogen and oxygen atoms in total. The first-order valence-electron chi connectivity index (χ1n) is 11.4. The fourth-order valence-electron chi connectivity index (χ4n) is 4.02. The smallest absolute Gasteiger partial charge is 0.123 e. The van der Waals surface area contributed by atoms with Crippen molar-refractivity contribution < 1.29 is 4.74 Å². The molecule has 3 rings (SSSR count). The molecule has 6 heteroatoms. The van der Waals surface area contributed by atoms with Gasteiger partial charge in [-0.15, -0.1) is 0 Å². The Hall–Kier alpha value is -1.89. The van der Waals surface area contributed by atoms with Gasteiger partial charge >= 0.3 is 0 Å². The number of hydrogen-bond donors (Lipinski definition) is 1. The molecule has 2 heterocycles. The third-order valence-corrected chi connectivity index (χ3v) is 5.70. The molecule has 166 valence electrons.